The van der Waals surface area contributed by atoms with Crippen LogP contribution >= 0.6 is 0 Å². The predicted octanol–water partition coefficient (Wildman–Crippen LogP) is 1.18. The number of halogens is 2. The molecule has 1 aliphatic rings. The number of alkyl halides is 2. The molecular weight excluding hydrogens is 254 g/mol. The molecular formula is C13H16F2N2O2. The molecule has 1 aromatic carbocycles. The molecule has 0 saturated carbocycles. The standard InChI is InChI=1S/C13H16F2N2O2/c14-13(15)6-7-16-8-11(13)17-12(18)9-19-10-4-2-1-3-5-10/h1-5,11,16H,6-9H2,(H,17,18). The van der Waals surface area contributed by atoms with Crippen molar-refractivity contribution in [1.29, 1.82) is 0 Å². The van der Waals surface area contributed by atoms with Gasteiger partial charge in [0.1, 0.15) is 11.8 Å². The quantitative estimate of drug-likeness (QED) is 0.863. The molecule has 0 aliphatic carbocycles. The SMILES string of the molecule is O=C(COc1ccccc1)NC1CNCCC1(F)F. The highest BCUT2D eigenvalue weighted by molar-refractivity contribution is 5.78. The third-order valence-corrected chi connectivity index (χ3v) is 2.94. The minimum Gasteiger partial charge on any atom is -0.484 e. The molecule has 1 fully saturated rings. The molecule has 6 heteroatoms. The molecule has 0 aromatic heterocycles. The summed E-state index contributed by atoms with van der Waals surface area (Å²) in [5.41, 5.74) is 0. The van der Waals surface area contributed by atoms with Crippen LogP contribution in [0, 0.1) is 0 Å². The summed E-state index contributed by atoms with van der Waals surface area (Å²) in [5, 5.41) is 5.14. The van der Waals surface area contributed by atoms with Gasteiger partial charge in [-0.2, -0.15) is 0 Å². The van der Waals surface area contributed by atoms with Crippen molar-refractivity contribution in [2.24, 2.45) is 0 Å². The summed E-state index contributed by atoms with van der Waals surface area (Å²) < 4.78 is 32.2. The molecule has 4 nitrogen and oxygen atoms in total. The lowest BCUT2D eigenvalue weighted by atomic mass is 10.0. The highest BCUT2D eigenvalue weighted by atomic mass is 19.3. The molecule has 1 aliphatic heterocycles. The van der Waals surface area contributed by atoms with Crippen LogP contribution in [0.1, 0.15) is 6.42 Å². The van der Waals surface area contributed by atoms with Crippen molar-refractivity contribution in [3.63, 3.8) is 0 Å². The Morgan fingerprint density at radius 3 is 2.84 bits per heavy atom. The molecule has 1 amide bonds. The summed E-state index contributed by atoms with van der Waals surface area (Å²) in [5.74, 6) is -2.88. The van der Waals surface area contributed by atoms with E-state index in [1.54, 1.807) is 24.3 Å². The number of rotatable bonds is 4. The van der Waals surface area contributed by atoms with Crippen molar-refractivity contribution in [1.82, 2.24) is 10.6 Å². The van der Waals surface area contributed by atoms with Gasteiger partial charge < -0.3 is 15.4 Å². The highest BCUT2D eigenvalue weighted by Crippen LogP contribution is 2.24. The van der Waals surface area contributed by atoms with Crippen LogP contribution in [0.5, 0.6) is 5.75 Å². The summed E-state index contributed by atoms with van der Waals surface area (Å²) in [6.45, 7) is 0.0700. The fourth-order valence-electron chi connectivity index (χ4n) is 1.88. The number of para-hydroxylation sites is 1. The second-order valence-corrected chi connectivity index (χ2v) is 4.44. The second kappa shape index (κ2) is 5.97. The zero-order chi connectivity index (χ0) is 13.7. The highest BCUT2D eigenvalue weighted by Gasteiger charge is 2.42. The molecule has 2 N–H and O–H groups in total. The van der Waals surface area contributed by atoms with E-state index in [0.717, 1.165) is 0 Å². The van der Waals surface area contributed by atoms with Gasteiger partial charge in [-0.3, -0.25) is 4.79 Å². The first-order valence-corrected chi connectivity index (χ1v) is 6.14. The van der Waals surface area contributed by atoms with Crippen LogP contribution in [-0.2, 0) is 4.79 Å². The fourth-order valence-corrected chi connectivity index (χ4v) is 1.88. The molecule has 104 valence electrons. The van der Waals surface area contributed by atoms with E-state index in [-0.39, 0.29) is 26.1 Å². The fraction of sp³-hybridized carbons (Fsp3) is 0.462. The Bertz CT molecular complexity index is 426. The maximum absolute atomic E-state index is 13.5. The number of carbonyl (C=O) groups excluding carboxylic acids is 1. The van der Waals surface area contributed by atoms with E-state index in [0.29, 0.717) is 5.75 Å². The Balaban J connectivity index is 1.81. The van der Waals surface area contributed by atoms with Gasteiger partial charge >= 0.3 is 0 Å². The molecule has 0 spiro atoms. The zero-order valence-electron chi connectivity index (χ0n) is 10.4. The molecule has 0 radical (unpaired) electrons. The van der Waals surface area contributed by atoms with Crippen molar-refractivity contribution in [3.05, 3.63) is 30.3 Å². The van der Waals surface area contributed by atoms with E-state index in [2.05, 4.69) is 10.6 Å². The number of hydrogen-bond donors (Lipinski definition) is 2. The molecule has 2 rings (SSSR count). The maximum atomic E-state index is 13.5. The molecule has 1 saturated heterocycles. The summed E-state index contributed by atoms with van der Waals surface area (Å²) in [6, 6.07) is 7.59. The van der Waals surface area contributed by atoms with Crippen molar-refractivity contribution in [2.45, 2.75) is 18.4 Å². The van der Waals surface area contributed by atoms with E-state index in [1.165, 1.54) is 0 Å². The average molecular weight is 270 g/mol. The Hall–Kier alpha value is -1.69. The normalized spacial score (nSPS) is 21.7. The average Bonchev–Trinajstić information content (AvgIpc) is 2.40. The van der Waals surface area contributed by atoms with Gasteiger partial charge in [-0.15, -0.1) is 0 Å². The third kappa shape index (κ3) is 3.89. The monoisotopic (exact) mass is 270 g/mol. The van der Waals surface area contributed by atoms with Crippen LogP contribution in [0.15, 0.2) is 30.3 Å². The summed E-state index contributed by atoms with van der Waals surface area (Å²) in [6.07, 6.45) is -0.266. The van der Waals surface area contributed by atoms with E-state index in [4.69, 9.17) is 4.74 Å². The van der Waals surface area contributed by atoms with E-state index < -0.39 is 17.9 Å². The van der Waals surface area contributed by atoms with Crippen molar-refractivity contribution in [3.8, 4) is 5.75 Å². The lowest BCUT2D eigenvalue weighted by Crippen LogP contribution is -2.58. The number of benzene rings is 1. The molecule has 1 heterocycles. The van der Waals surface area contributed by atoms with Crippen LogP contribution in [0.4, 0.5) is 8.78 Å². The Morgan fingerprint density at radius 1 is 1.42 bits per heavy atom. The van der Waals surface area contributed by atoms with Crippen LogP contribution in [0.3, 0.4) is 0 Å². The van der Waals surface area contributed by atoms with Gasteiger partial charge in [-0.05, 0) is 12.1 Å². The van der Waals surface area contributed by atoms with Gasteiger partial charge in [0.25, 0.3) is 11.8 Å². The Morgan fingerprint density at radius 2 is 2.16 bits per heavy atom. The van der Waals surface area contributed by atoms with Gasteiger partial charge in [-0.25, -0.2) is 8.78 Å². The molecule has 1 atom stereocenters. The number of carbonyl (C=O) groups is 1. The van der Waals surface area contributed by atoms with Crippen LogP contribution in [0.2, 0.25) is 0 Å². The van der Waals surface area contributed by atoms with Gasteiger partial charge in [0.05, 0.1) is 0 Å². The lowest BCUT2D eigenvalue weighted by molar-refractivity contribution is -0.129. The van der Waals surface area contributed by atoms with Crippen LogP contribution < -0.4 is 15.4 Å². The van der Waals surface area contributed by atoms with Crippen molar-refractivity contribution < 1.29 is 18.3 Å². The second-order valence-electron chi connectivity index (χ2n) is 4.44. The van der Waals surface area contributed by atoms with Crippen molar-refractivity contribution in [2.75, 3.05) is 19.7 Å². The lowest BCUT2D eigenvalue weighted by Gasteiger charge is -2.32. The smallest absolute Gasteiger partial charge is 0.270 e. The summed E-state index contributed by atoms with van der Waals surface area (Å²) >= 11 is 0. The van der Waals surface area contributed by atoms with Crippen LogP contribution in [-0.4, -0.2) is 37.6 Å². The predicted molar refractivity (Wildman–Crippen MR) is 66.3 cm³/mol. The van der Waals surface area contributed by atoms with E-state index >= 15 is 0 Å². The molecule has 1 aromatic rings. The number of piperidine rings is 1. The largest absolute Gasteiger partial charge is 0.484 e. The van der Waals surface area contributed by atoms with Crippen molar-refractivity contribution >= 4 is 5.91 Å². The molecule has 1 unspecified atom stereocenters. The van der Waals surface area contributed by atoms with E-state index in [1.807, 2.05) is 6.07 Å². The van der Waals surface area contributed by atoms with Gasteiger partial charge in [0.15, 0.2) is 6.61 Å². The Kier molecular flexibility index (Phi) is 4.31. The summed E-state index contributed by atoms with van der Waals surface area (Å²) in [7, 11) is 0. The van der Waals surface area contributed by atoms with Crippen LogP contribution in [0.25, 0.3) is 0 Å². The summed E-state index contributed by atoms with van der Waals surface area (Å²) in [4.78, 5) is 11.6. The zero-order valence-corrected chi connectivity index (χ0v) is 10.4. The van der Waals surface area contributed by atoms with Gasteiger partial charge in [-0.1, -0.05) is 18.2 Å². The minimum atomic E-state index is -2.87. The topological polar surface area (TPSA) is 50.4 Å². The molecule has 0 bridgehead atoms. The minimum absolute atomic E-state index is 0.0735. The first-order valence-electron chi connectivity index (χ1n) is 6.14. The van der Waals surface area contributed by atoms with Gasteiger partial charge in [0, 0.05) is 19.5 Å². The number of ether oxygens (including phenoxy) is 1. The molecule has 19 heavy (non-hydrogen) atoms. The first kappa shape index (κ1) is 13.7. The number of nitrogens with one attached hydrogen (secondary N) is 2. The van der Waals surface area contributed by atoms with Gasteiger partial charge in [0.2, 0.25) is 0 Å². The van der Waals surface area contributed by atoms with E-state index in [9.17, 15) is 13.6 Å². The Labute approximate surface area is 110 Å². The number of hydrogen-bond acceptors (Lipinski definition) is 3. The first-order chi connectivity index (χ1) is 9.08. The number of amides is 1. The maximum Gasteiger partial charge on any atom is 0.270 e. The third-order valence-electron chi connectivity index (χ3n) is 2.94.